The number of nitrogens with zero attached hydrogens (tertiary/aromatic N) is 4. The minimum atomic E-state index is -4.35. The predicted molar refractivity (Wildman–Crippen MR) is 105 cm³/mol. The van der Waals surface area contributed by atoms with Crippen molar-refractivity contribution in [3.8, 4) is 0 Å². The number of hydrogen-bond acceptors (Lipinski definition) is 3. The highest BCUT2D eigenvalue weighted by atomic mass is 79.9. The lowest BCUT2D eigenvalue weighted by Gasteiger charge is -2.32. The summed E-state index contributed by atoms with van der Waals surface area (Å²) in [4.78, 5) is 18.8. The molecule has 0 fully saturated rings. The molecule has 2 aromatic heterocycles. The van der Waals surface area contributed by atoms with Crippen LogP contribution in [0.4, 0.5) is 13.2 Å². The molecule has 3 heterocycles. The number of hydrogen-bond donors (Lipinski definition) is 0. The summed E-state index contributed by atoms with van der Waals surface area (Å²) in [7, 11) is 0. The lowest BCUT2D eigenvalue weighted by atomic mass is 9.94. The van der Waals surface area contributed by atoms with Crippen LogP contribution in [-0.2, 0) is 6.18 Å². The van der Waals surface area contributed by atoms with Crippen molar-refractivity contribution < 1.29 is 18.0 Å². The second-order valence-electron chi connectivity index (χ2n) is 6.92. The third kappa shape index (κ3) is 3.91. The number of aromatic nitrogens is 3. The van der Waals surface area contributed by atoms with Gasteiger partial charge in [-0.25, -0.2) is 9.50 Å². The van der Waals surface area contributed by atoms with Gasteiger partial charge in [0.1, 0.15) is 0 Å². The third-order valence-electron chi connectivity index (χ3n) is 4.93. The summed E-state index contributed by atoms with van der Waals surface area (Å²) in [6.07, 6.45) is 1.43. The maximum atomic E-state index is 12.9. The number of benzene rings is 1. The van der Waals surface area contributed by atoms with Crippen LogP contribution >= 0.6 is 15.9 Å². The van der Waals surface area contributed by atoms with Crippen molar-refractivity contribution in [2.75, 3.05) is 6.54 Å². The van der Waals surface area contributed by atoms with E-state index in [-0.39, 0.29) is 11.9 Å². The summed E-state index contributed by atoms with van der Waals surface area (Å²) in [6.45, 7) is 2.28. The monoisotopic (exact) mass is 464 g/mol. The van der Waals surface area contributed by atoms with Crippen LogP contribution in [-0.4, -0.2) is 38.0 Å². The van der Waals surface area contributed by atoms with Crippen molar-refractivity contribution in [3.63, 3.8) is 0 Å². The molecule has 3 aromatic rings. The van der Waals surface area contributed by atoms with Gasteiger partial charge in [0.2, 0.25) is 0 Å². The van der Waals surface area contributed by atoms with Crippen molar-refractivity contribution >= 4 is 33.1 Å². The van der Waals surface area contributed by atoms with Gasteiger partial charge in [-0.2, -0.15) is 18.3 Å². The molecule has 1 unspecified atom stereocenters. The van der Waals surface area contributed by atoms with Gasteiger partial charge in [0.05, 0.1) is 10.0 Å². The normalized spacial score (nSPS) is 17.5. The van der Waals surface area contributed by atoms with E-state index >= 15 is 0 Å². The van der Waals surface area contributed by atoms with Crippen LogP contribution in [0.25, 0.3) is 11.2 Å². The Kier molecular flexibility index (Phi) is 4.94. The molecule has 9 heteroatoms. The Morgan fingerprint density at radius 2 is 1.97 bits per heavy atom. The highest BCUT2D eigenvalue weighted by Gasteiger charge is 2.31. The van der Waals surface area contributed by atoms with Gasteiger partial charge in [0.25, 0.3) is 5.91 Å². The molecule has 1 atom stereocenters. The minimum absolute atomic E-state index is 0.116. The summed E-state index contributed by atoms with van der Waals surface area (Å²) in [5.74, 6) is -0.207. The van der Waals surface area contributed by atoms with Crippen LogP contribution < -0.4 is 0 Å². The average Bonchev–Trinajstić information content (AvgIpc) is 3.10. The van der Waals surface area contributed by atoms with Crippen LogP contribution in [0, 0.1) is 0 Å². The molecule has 1 aliphatic heterocycles. The number of carbonyl (C=O) groups excluding carboxylic acids is 1. The standard InChI is InChI=1S/C20H16BrF3N4O/c1-12-8-14(13-2-4-15(5-3-13)20(22,23)24)6-7-27(12)19(29)17-9-18-25-10-16(21)11-28(18)26-17/h2-6,9-12H,7-8H2,1H3. The molecule has 0 bridgehead atoms. The maximum absolute atomic E-state index is 12.9. The van der Waals surface area contributed by atoms with Gasteiger partial charge < -0.3 is 4.90 Å². The Labute approximate surface area is 173 Å². The summed E-state index contributed by atoms with van der Waals surface area (Å²) >= 11 is 3.32. The summed E-state index contributed by atoms with van der Waals surface area (Å²) in [5, 5.41) is 4.30. The molecule has 150 valence electrons. The number of rotatable bonds is 2. The SMILES string of the molecule is CC1CC(c2ccc(C(F)(F)F)cc2)=CCN1C(=O)c1cc2ncc(Br)cn2n1. The van der Waals surface area contributed by atoms with E-state index in [9.17, 15) is 18.0 Å². The van der Waals surface area contributed by atoms with E-state index in [4.69, 9.17) is 0 Å². The zero-order valence-electron chi connectivity index (χ0n) is 15.3. The number of alkyl halides is 3. The molecule has 1 aliphatic rings. The minimum Gasteiger partial charge on any atom is -0.330 e. The van der Waals surface area contributed by atoms with Crippen molar-refractivity contribution in [1.29, 1.82) is 0 Å². The van der Waals surface area contributed by atoms with Crippen molar-refractivity contribution in [2.24, 2.45) is 0 Å². The first-order valence-electron chi connectivity index (χ1n) is 8.91. The molecule has 1 amide bonds. The molecule has 0 aliphatic carbocycles. The first kappa shape index (κ1) is 19.6. The van der Waals surface area contributed by atoms with E-state index in [1.807, 2.05) is 13.0 Å². The Morgan fingerprint density at radius 1 is 1.24 bits per heavy atom. The van der Waals surface area contributed by atoms with Gasteiger partial charge in [-0.05, 0) is 52.5 Å². The number of fused-ring (bicyclic) bond motifs is 1. The highest BCUT2D eigenvalue weighted by molar-refractivity contribution is 9.10. The van der Waals surface area contributed by atoms with Crippen LogP contribution in [0.15, 0.2) is 53.3 Å². The number of amides is 1. The molecule has 0 saturated heterocycles. The molecule has 0 radical (unpaired) electrons. The van der Waals surface area contributed by atoms with Crippen molar-refractivity contribution in [1.82, 2.24) is 19.5 Å². The zero-order valence-corrected chi connectivity index (χ0v) is 16.9. The average molecular weight is 465 g/mol. The molecular formula is C20H16BrF3N4O. The predicted octanol–water partition coefficient (Wildman–Crippen LogP) is 4.83. The van der Waals surface area contributed by atoms with Gasteiger partial charge in [-0.3, -0.25) is 4.79 Å². The molecule has 0 N–H and O–H groups in total. The Bertz CT molecular complexity index is 1110. The summed E-state index contributed by atoms with van der Waals surface area (Å²) < 4.78 is 40.5. The van der Waals surface area contributed by atoms with E-state index < -0.39 is 11.7 Å². The van der Waals surface area contributed by atoms with E-state index in [0.717, 1.165) is 27.7 Å². The van der Waals surface area contributed by atoms with E-state index in [2.05, 4.69) is 26.0 Å². The summed E-state index contributed by atoms with van der Waals surface area (Å²) in [6, 6.07) is 6.64. The van der Waals surface area contributed by atoms with Crippen LogP contribution in [0.3, 0.4) is 0 Å². The molecule has 0 saturated carbocycles. The summed E-state index contributed by atoms with van der Waals surface area (Å²) in [5.41, 5.74) is 1.86. The molecular weight excluding hydrogens is 449 g/mol. The topological polar surface area (TPSA) is 50.5 Å². The van der Waals surface area contributed by atoms with E-state index in [0.29, 0.717) is 24.3 Å². The molecule has 4 rings (SSSR count). The largest absolute Gasteiger partial charge is 0.416 e. The molecule has 0 spiro atoms. The Hall–Kier alpha value is -2.68. The van der Waals surface area contributed by atoms with E-state index in [1.54, 1.807) is 23.4 Å². The maximum Gasteiger partial charge on any atom is 0.416 e. The van der Waals surface area contributed by atoms with Crippen molar-refractivity contribution in [3.05, 3.63) is 70.1 Å². The lowest BCUT2D eigenvalue weighted by molar-refractivity contribution is -0.137. The quantitative estimate of drug-likeness (QED) is 0.545. The number of carbonyl (C=O) groups is 1. The fourth-order valence-corrected chi connectivity index (χ4v) is 3.69. The Morgan fingerprint density at radius 3 is 2.62 bits per heavy atom. The van der Waals surface area contributed by atoms with Crippen LogP contribution in [0.1, 0.15) is 35.0 Å². The first-order valence-corrected chi connectivity index (χ1v) is 9.70. The number of halogens is 4. The van der Waals surface area contributed by atoms with Gasteiger partial charge in [0, 0.05) is 31.0 Å². The molecule has 5 nitrogen and oxygen atoms in total. The van der Waals surface area contributed by atoms with Gasteiger partial charge >= 0.3 is 6.18 Å². The van der Waals surface area contributed by atoms with Gasteiger partial charge in [-0.1, -0.05) is 18.2 Å². The fraction of sp³-hybridized carbons (Fsp3) is 0.250. The van der Waals surface area contributed by atoms with E-state index in [1.165, 1.54) is 16.6 Å². The second-order valence-corrected chi connectivity index (χ2v) is 7.84. The van der Waals surface area contributed by atoms with Gasteiger partial charge in [-0.15, -0.1) is 0 Å². The van der Waals surface area contributed by atoms with Crippen LogP contribution in [0.5, 0.6) is 0 Å². The molecule has 1 aromatic carbocycles. The fourth-order valence-electron chi connectivity index (χ4n) is 3.40. The second kappa shape index (κ2) is 7.29. The van der Waals surface area contributed by atoms with Crippen molar-refractivity contribution in [2.45, 2.75) is 25.6 Å². The lowest BCUT2D eigenvalue weighted by Crippen LogP contribution is -2.41. The van der Waals surface area contributed by atoms with Gasteiger partial charge in [0.15, 0.2) is 11.3 Å². The molecule has 29 heavy (non-hydrogen) atoms. The Balaban J connectivity index is 1.54. The van der Waals surface area contributed by atoms with Crippen LogP contribution in [0.2, 0.25) is 0 Å². The highest BCUT2D eigenvalue weighted by Crippen LogP contribution is 2.32. The zero-order chi connectivity index (χ0) is 20.8. The smallest absolute Gasteiger partial charge is 0.330 e. The third-order valence-corrected chi connectivity index (χ3v) is 5.34. The first-order chi connectivity index (χ1) is 13.7.